The van der Waals surface area contributed by atoms with E-state index in [4.69, 9.17) is 28.3 Å². The molecule has 140 valence electrons. The van der Waals surface area contributed by atoms with Gasteiger partial charge in [-0.2, -0.15) is 0 Å². The van der Waals surface area contributed by atoms with Crippen molar-refractivity contribution in [2.75, 3.05) is 5.32 Å². The van der Waals surface area contributed by atoms with Gasteiger partial charge in [-0.25, -0.2) is 9.78 Å². The number of hydrogen-bond donors (Lipinski definition) is 2. The lowest BCUT2D eigenvalue weighted by Crippen LogP contribution is -2.13. The standard InChI is InChI=1S/C21H14Cl2N2O3/c22-15-10-14(11-16(23)12-15)18-5-2-6-19(25-18)21(28)24-17-4-1-3-13(9-17)7-8-20(26)27/h1-12H,(H,24,28)(H,26,27)/b8-7+. The second kappa shape index (κ2) is 8.69. The van der Waals surface area contributed by atoms with Gasteiger partial charge in [-0.15, -0.1) is 0 Å². The summed E-state index contributed by atoms with van der Waals surface area (Å²) in [5, 5.41) is 12.4. The van der Waals surface area contributed by atoms with Gasteiger partial charge in [0.1, 0.15) is 5.69 Å². The van der Waals surface area contributed by atoms with Crippen LogP contribution in [0.25, 0.3) is 17.3 Å². The lowest BCUT2D eigenvalue weighted by Gasteiger charge is -2.08. The summed E-state index contributed by atoms with van der Waals surface area (Å²) in [6.07, 6.45) is 2.47. The molecule has 3 rings (SSSR count). The molecule has 5 nitrogen and oxygen atoms in total. The minimum Gasteiger partial charge on any atom is -0.478 e. The maximum absolute atomic E-state index is 12.6. The molecule has 28 heavy (non-hydrogen) atoms. The van der Waals surface area contributed by atoms with E-state index in [0.29, 0.717) is 32.6 Å². The first-order chi connectivity index (χ1) is 13.4. The van der Waals surface area contributed by atoms with Crippen LogP contribution >= 0.6 is 23.2 Å². The summed E-state index contributed by atoms with van der Waals surface area (Å²) in [6.45, 7) is 0. The van der Waals surface area contributed by atoms with Crippen molar-refractivity contribution in [3.05, 3.63) is 88.0 Å². The Morgan fingerprint density at radius 1 is 0.964 bits per heavy atom. The molecule has 1 aromatic heterocycles. The fourth-order valence-corrected chi connectivity index (χ4v) is 3.03. The molecular weight excluding hydrogens is 399 g/mol. The minimum atomic E-state index is -1.04. The maximum atomic E-state index is 12.6. The van der Waals surface area contributed by atoms with Gasteiger partial charge in [0.25, 0.3) is 5.91 Å². The number of aliphatic carboxylic acids is 1. The number of carboxylic acid groups (broad SMARTS) is 1. The van der Waals surface area contributed by atoms with Crippen LogP contribution in [0.4, 0.5) is 5.69 Å². The number of carboxylic acids is 1. The third-order valence-electron chi connectivity index (χ3n) is 3.70. The zero-order valence-electron chi connectivity index (χ0n) is 14.4. The fourth-order valence-electron chi connectivity index (χ4n) is 2.51. The molecular formula is C21H14Cl2N2O3. The number of anilines is 1. The highest BCUT2D eigenvalue weighted by atomic mass is 35.5. The van der Waals surface area contributed by atoms with Crippen LogP contribution in [0.1, 0.15) is 16.1 Å². The quantitative estimate of drug-likeness (QED) is 0.549. The summed E-state index contributed by atoms with van der Waals surface area (Å²) in [4.78, 5) is 27.6. The molecule has 0 aliphatic rings. The number of benzene rings is 2. The summed E-state index contributed by atoms with van der Waals surface area (Å²) in [5.74, 6) is -1.44. The number of nitrogens with one attached hydrogen (secondary N) is 1. The molecule has 2 aromatic carbocycles. The molecule has 3 aromatic rings. The topological polar surface area (TPSA) is 79.3 Å². The van der Waals surface area contributed by atoms with Gasteiger partial charge in [-0.3, -0.25) is 4.79 Å². The first-order valence-corrected chi connectivity index (χ1v) is 8.92. The highest BCUT2D eigenvalue weighted by molar-refractivity contribution is 6.35. The van der Waals surface area contributed by atoms with Gasteiger partial charge in [0.2, 0.25) is 0 Å². The number of hydrogen-bond acceptors (Lipinski definition) is 3. The average Bonchev–Trinajstić information content (AvgIpc) is 2.66. The zero-order chi connectivity index (χ0) is 20.1. The van der Waals surface area contributed by atoms with Crippen molar-refractivity contribution in [2.45, 2.75) is 0 Å². The molecule has 0 bridgehead atoms. The second-order valence-corrected chi connectivity index (χ2v) is 6.69. The monoisotopic (exact) mass is 412 g/mol. The van der Waals surface area contributed by atoms with E-state index in [1.807, 2.05) is 0 Å². The van der Waals surface area contributed by atoms with Crippen molar-refractivity contribution in [2.24, 2.45) is 0 Å². The van der Waals surface area contributed by atoms with E-state index in [-0.39, 0.29) is 5.69 Å². The van der Waals surface area contributed by atoms with Crippen LogP contribution in [0.2, 0.25) is 10.0 Å². The molecule has 7 heteroatoms. The van der Waals surface area contributed by atoms with Gasteiger partial charge in [-0.1, -0.05) is 41.4 Å². The summed E-state index contributed by atoms with van der Waals surface area (Å²) >= 11 is 12.1. The van der Waals surface area contributed by atoms with E-state index in [9.17, 15) is 9.59 Å². The number of carbonyl (C=O) groups excluding carboxylic acids is 1. The highest BCUT2D eigenvalue weighted by Gasteiger charge is 2.10. The maximum Gasteiger partial charge on any atom is 0.328 e. The zero-order valence-corrected chi connectivity index (χ0v) is 15.9. The number of amides is 1. The molecule has 1 amide bonds. The predicted octanol–water partition coefficient (Wildman–Crippen LogP) is 5.41. The summed E-state index contributed by atoms with van der Waals surface area (Å²) in [5.41, 5.74) is 2.66. The third kappa shape index (κ3) is 5.19. The lowest BCUT2D eigenvalue weighted by atomic mass is 10.1. The van der Waals surface area contributed by atoms with Gasteiger partial charge in [0, 0.05) is 27.4 Å². The first kappa shape index (κ1) is 19.6. The summed E-state index contributed by atoms with van der Waals surface area (Å²) < 4.78 is 0. The highest BCUT2D eigenvalue weighted by Crippen LogP contribution is 2.26. The third-order valence-corrected chi connectivity index (χ3v) is 4.14. The van der Waals surface area contributed by atoms with Crippen LogP contribution in [-0.2, 0) is 4.79 Å². The van der Waals surface area contributed by atoms with Crippen LogP contribution in [0, 0.1) is 0 Å². The van der Waals surface area contributed by atoms with E-state index in [1.165, 1.54) is 6.08 Å². The van der Waals surface area contributed by atoms with Gasteiger partial charge in [0.15, 0.2) is 0 Å². The summed E-state index contributed by atoms with van der Waals surface area (Å²) in [6, 6.07) is 17.0. The molecule has 0 saturated heterocycles. The number of carbonyl (C=O) groups is 2. The van der Waals surface area contributed by atoms with E-state index >= 15 is 0 Å². The van der Waals surface area contributed by atoms with Crippen LogP contribution in [0.15, 0.2) is 66.7 Å². The Morgan fingerprint density at radius 3 is 2.39 bits per heavy atom. The number of halogens is 2. The smallest absolute Gasteiger partial charge is 0.328 e. The van der Waals surface area contributed by atoms with Crippen LogP contribution in [0.3, 0.4) is 0 Å². The number of aromatic nitrogens is 1. The van der Waals surface area contributed by atoms with E-state index in [0.717, 1.165) is 6.08 Å². The molecule has 0 atom stereocenters. The normalized spacial score (nSPS) is 10.8. The Kier molecular flexibility index (Phi) is 6.09. The Hall–Kier alpha value is -3.15. The lowest BCUT2D eigenvalue weighted by molar-refractivity contribution is -0.131. The molecule has 1 heterocycles. The SMILES string of the molecule is O=C(O)/C=C/c1cccc(NC(=O)c2cccc(-c3cc(Cl)cc(Cl)c3)n2)c1. The molecule has 2 N–H and O–H groups in total. The molecule has 0 aliphatic carbocycles. The van der Waals surface area contributed by atoms with Crippen LogP contribution < -0.4 is 5.32 Å². The second-order valence-electron chi connectivity index (χ2n) is 5.82. The van der Waals surface area contributed by atoms with E-state index < -0.39 is 11.9 Å². The minimum absolute atomic E-state index is 0.222. The van der Waals surface area contributed by atoms with Crippen molar-refractivity contribution in [3.8, 4) is 11.3 Å². The average molecular weight is 413 g/mol. The first-order valence-electron chi connectivity index (χ1n) is 8.17. The van der Waals surface area contributed by atoms with Crippen molar-refractivity contribution < 1.29 is 14.7 Å². The van der Waals surface area contributed by atoms with Crippen molar-refractivity contribution in [3.63, 3.8) is 0 Å². The molecule has 0 spiro atoms. The molecule has 0 aliphatic heterocycles. The van der Waals surface area contributed by atoms with Crippen molar-refractivity contribution in [1.29, 1.82) is 0 Å². The predicted molar refractivity (Wildman–Crippen MR) is 111 cm³/mol. The Morgan fingerprint density at radius 2 is 1.68 bits per heavy atom. The van der Waals surface area contributed by atoms with Gasteiger partial charge >= 0.3 is 5.97 Å². The summed E-state index contributed by atoms with van der Waals surface area (Å²) in [7, 11) is 0. The number of nitrogens with zero attached hydrogens (tertiary/aromatic N) is 1. The van der Waals surface area contributed by atoms with E-state index in [2.05, 4.69) is 10.3 Å². The Bertz CT molecular complexity index is 1060. The Balaban J connectivity index is 1.82. The van der Waals surface area contributed by atoms with Crippen LogP contribution in [-0.4, -0.2) is 22.0 Å². The number of rotatable bonds is 5. The fraction of sp³-hybridized carbons (Fsp3) is 0. The number of pyridine rings is 1. The van der Waals surface area contributed by atoms with Gasteiger partial charge in [-0.05, 0) is 54.1 Å². The molecule has 0 saturated carbocycles. The van der Waals surface area contributed by atoms with Crippen molar-refractivity contribution >= 4 is 46.8 Å². The van der Waals surface area contributed by atoms with Gasteiger partial charge < -0.3 is 10.4 Å². The van der Waals surface area contributed by atoms with E-state index in [1.54, 1.807) is 60.7 Å². The molecule has 0 radical (unpaired) electrons. The van der Waals surface area contributed by atoms with Crippen molar-refractivity contribution in [1.82, 2.24) is 4.98 Å². The molecule has 0 fully saturated rings. The Labute approximate surface area is 171 Å². The van der Waals surface area contributed by atoms with Crippen LogP contribution in [0.5, 0.6) is 0 Å². The molecule has 0 unspecified atom stereocenters. The largest absolute Gasteiger partial charge is 0.478 e. The van der Waals surface area contributed by atoms with Gasteiger partial charge in [0.05, 0.1) is 5.69 Å².